The zero-order valence-electron chi connectivity index (χ0n) is 18.3. The summed E-state index contributed by atoms with van der Waals surface area (Å²) in [5.74, 6) is -0.135. The Balaban J connectivity index is 1.50. The van der Waals surface area contributed by atoms with Crippen molar-refractivity contribution < 1.29 is 13.2 Å². The summed E-state index contributed by atoms with van der Waals surface area (Å²) in [6.07, 6.45) is 0. The van der Waals surface area contributed by atoms with E-state index >= 15 is 0 Å². The number of carbonyl (C=O) groups excluding carboxylic acids is 1. The number of nitrogens with zero attached hydrogens (tertiary/aromatic N) is 2. The van der Waals surface area contributed by atoms with Crippen LogP contribution in [0, 0.1) is 13.8 Å². The molecule has 6 nitrogen and oxygen atoms in total. The molecule has 1 heterocycles. The first-order valence-electron chi connectivity index (χ1n) is 10.6. The van der Waals surface area contributed by atoms with Gasteiger partial charge >= 0.3 is 0 Å². The molecule has 1 aliphatic heterocycles. The second-order valence-corrected chi connectivity index (χ2v) is 9.70. The zero-order chi connectivity index (χ0) is 22.7. The summed E-state index contributed by atoms with van der Waals surface area (Å²) in [5.41, 5.74) is 4.07. The van der Waals surface area contributed by atoms with Gasteiger partial charge in [-0.2, -0.15) is 0 Å². The molecule has 1 amide bonds. The van der Waals surface area contributed by atoms with Crippen LogP contribution in [0.2, 0.25) is 0 Å². The predicted molar refractivity (Wildman–Crippen MR) is 128 cm³/mol. The molecule has 0 saturated carbocycles. The number of carbonyl (C=O) groups is 1. The Morgan fingerprint density at radius 1 is 0.812 bits per heavy atom. The van der Waals surface area contributed by atoms with Crippen LogP contribution in [-0.4, -0.2) is 45.4 Å². The highest BCUT2D eigenvalue weighted by molar-refractivity contribution is 7.92. The van der Waals surface area contributed by atoms with Gasteiger partial charge in [-0.05, 0) is 55.3 Å². The van der Waals surface area contributed by atoms with E-state index in [2.05, 4.69) is 28.7 Å². The lowest BCUT2D eigenvalue weighted by Crippen LogP contribution is -2.49. The van der Waals surface area contributed by atoms with Crippen molar-refractivity contribution in [1.82, 2.24) is 4.90 Å². The number of para-hydroxylation sites is 2. The summed E-state index contributed by atoms with van der Waals surface area (Å²) in [7, 11) is -3.80. The van der Waals surface area contributed by atoms with Gasteiger partial charge in [0.15, 0.2) is 0 Å². The molecule has 7 heteroatoms. The van der Waals surface area contributed by atoms with Crippen LogP contribution in [0.25, 0.3) is 0 Å². The summed E-state index contributed by atoms with van der Waals surface area (Å²) >= 11 is 0. The molecule has 0 spiro atoms. The Morgan fingerprint density at radius 2 is 1.47 bits per heavy atom. The molecule has 0 radical (unpaired) electrons. The Kier molecular flexibility index (Phi) is 6.19. The minimum Gasteiger partial charge on any atom is -0.368 e. The molecule has 1 fully saturated rings. The highest BCUT2D eigenvalue weighted by Crippen LogP contribution is 2.23. The fourth-order valence-electron chi connectivity index (χ4n) is 3.96. The lowest BCUT2D eigenvalue weighted by molar-refractivity contribution is 0.0746. The standard InChI is InChI=1S/C25H27N3O3S/c1-19-12-13-22(32(30,31)26-21-9-4-3-5-10-21)18-23(19)25(29)28-16-14-27(15-17-28)24-11-7-6-8-20(24)2/h3-13,18,26H,14-17H2,1-2H3. The van der Waals surface area contributed by atoms with E-state index in [1.165, 1.54) is 23.4 Å². The average Bonchev–Trinajstić information content (AvgIpc) is 2.80. The molecule has 1 aliphatic rings. The molecule has 3 aromatic rings. The van der Waals surface area contributed by atoms with E-state index in [1.54, 1.807) is 35.2 Å². The number of hydrogen-bond acceptors (Lipinski definition) is 4. The summed E-state index contributed by atoms with van der Waals surface area (Å²) in [6, 6.07) is 21.7. The quantitative estimate of drug-likeness (QED) is 0.638. The fraction of sp³-hybridized carbons (Fsp3) is 0.240. The van der Waals surface area contributed by atoms with E-state index in [9.17, 15) is 13.2 Å². The van der Waals surface area contributed by atoms with Crippen molar-refractivity contribution in [2.24, 2.45) is 0 Å². The third kappa shape index (κ3) is 4.62. The predicted octanol–water partition coefficient (Wildman–Crippen LogP) is 4.07. The summed E-state index contributed by atoms with van der Waals surface area (Å²) in [5, 5.41) is 0. The topological polar surface area (TPSA) is 69.7 Å². The van der Waals surface area contributed by atoms with Crippen molar-refractivity contribution in [2.45, 2.75) is 18.7 Å². The molecule has 32 heavy (non-hydrogen) atoms. The first kappa shape index (κ1) is 21.9. The van der Waals surface area contributed by atoms with Gasteiger partial charge in [0.1, 0.15) is 0 Å². The number of rotatable bonds is 5. The molecule has 0 atom stereocenters. The van der Waals surface area contributed by atoms with Gasteiger partial charge in [-0.25, -0.2) is 8.42 Å². The number of hydrogen-bond donors (Lipinski definition) is 1. The number of amides is 1. The minimum absolute atomic E-state index is 0.0776. The molecule has 1 N–H and O–H groups in total. The number of sulfonamides is 1. The van der Waals surface area contributed by atoms with Crippen molar-refractivity contribution in [2.75, 3.05) is 35.8 Å². The maximum atomic E-state index is 13.3. The molecule has 1 saturated heterocycles. The first-order chi connectivity index (χ1) is 15.3. The fourth-order valence-corrected chi connectivity index (χ4v) is 5.04. The van der Waals surface area contributed by atoms with Crippen LogP contribution in [0.5, 0.6) is 0 Å². The minimum atomic E-state index is -3.80. The van der Waals surface area contributed by atoms with Crippen LogP contribution in [-0.2, 0) is 10.0 Å². The lowest BCUT2D eigenvalue weighted by atomic mass is 10.1. The van der Waals surface area contributed by atoms with Gasteiger partial charge in [0, 0.05) is 43.1 Å². The van der Waals surface area contributed by atoms with Gasteiger partial charge < -0.3 is 9.80 Å². The van der Waals surface area contributed by atoms with Crippen molar-refractivity contribution in [3.63, 3.8) is 0 Å². The molecular weight excluding hydrogens is 422 g/mol. The Labute approximate surface area is 189 Å². The zero-order valence-corrected chi connectivity index (χ0v) is 19.1. The number of benzene rings is 3. The van der Waals surface area contributed by atoms with Gasteiger partial charge in [-0.3, -0.25) is 9.52 Å². The third-order valence-corrected chi connectivity index (χ3v) is 7.18. The molecule has 166 valence electrons. The molecule has 0 bridgehead atoms. The van der Waals surface area contributed by atoms with Crippen molar-refractivity contribution in [3.05, 3.63) is 89.5 Å². The van der Waals surface area contributed by atoms with Crippen molar-refractivity contribution in [3.8, 4) is 0 Å². The highest BCUT2D eigenvalue weighted by atomic mass is 32.2. The van der Waals surface area contributed by atoms with Crippen LogP contribution in [0.4, 0.5) is 11.4 Å². The summed E-state index contributed by atoms with van der Waals surface area (Å²) in [6.45, 7) is 6.58. The first-order valence-corrected chi connectivity index (χ1v) is 12.1. The van der Waals surface area contributed by atoms with E-state index < -0.39 is 10.0 Å². The van der Waals surface area contributed by atoms with E-state index in [0.29, 0.717) is 24.3 Å². The lowest BCUT2D eigenvalue weighted by Gasteiger charge is -2.37. The van der Waals surface area contributed by atoms with Crippen LogP contribution in [0.1, 0.15) is 21.5 Å². The SMILES string of the molecule is Cc1ccc(S(=O)(=O)Nc2ccccc2)cc1C(=O)N1CCN(c2ccccc2C)CC1. The Bertz CT molecular complexity index is 1220. The summed E-state index contributed by atoms with van der Waals surface area (Å²) < 4.78 is 28.3. The Morgan fingerprint density at radius 3 is 2.16 bits per heavy atom. The van der Waals surface area contributed by atoms with Gasteiger partial charge in [-0.1, -0.05) is 42.5 Å². The Hall–Kier alpha value is -3.32. The largest absolute Gasteiger partial charge is 0.368 e. The van der Waals surface area contributed by atoms with Gasteiger partial charge in [0.25, 0.3) is 15.9 Å². The molecule has 0 aromatic heterocycles. The van der Waals surface area contributed by atoms with Crippen LogP contribution < -0.4 is 9.62 Å². The van der Waals surface area contributed by atoms with Gasteiger partial charge in [0.2, 0.25) is 0 Å². The maximum Gasteiger partial charge on any atom is 0.261 e. The number of nitrogens with one attached hydrogen (secondary N) is 1. The van der Waals surface area contributed by atoms with Crippen molar-refractivity contribution >= 4 is 27.3 Å². The van der Waals surface area contributed by atoms with Gasteiger partial charge in [-0.15, -0.1) is 0 Å². The molecule has 4 rings (SSSR count). The smallest absolute Gasteiger partial charge is 0.261 e. The third-order valence-electron chi connectivity index (χ3n) is 5.80. The highest BCUT2D eigenvalue weighted by Gasteiger charge is 2.25. The van der Waals surface area contributed by atoms with E-state index in [-0.39, 0.29) is 10.8 Å². The number of aryl methyl sites for hydroxylation is 2. The number of anilines is 2. The average molecular weight is 450 g/mol. The van der Waals surface area contributed by atoms with Crippen LogP contribution >= 0.6 is 0 Å². The monoisotopic (exact) mass is 449 g/mol. The molecule has 0 unspecified atom stereocenters. The second-order valence-electron chi connectivity index (χ2n) is 8.01. The maximum absolute atomic E-state index is 13.3. The molecule has 3 aromatic carbocycles. The van der Waals surface area contributed by atoms with E-state index in [0.717, 1.165) is 18.7 Å². The van der Waals surface area contributed by atoms with Crippen LogP contribution in [0.3, 0.4) is 0 Å². The normalized spacial score (nSPS) is 14.3. The van der Waals surface area contributed by atoms with Crippen LogP contribution in [0.15, 0.2) is 77.7 Å². The summed E-state index contributed by atoms with van der Waals surface area (Å²) in [4.78, 5) is 17.4. The second kappa shape index (κ2) is 9.04. The van der Waals surface area contributed by atoms with Gasteiger partial charge in [0.05, 0.1) is 4.90 Å². The van der Waals surface area contributed by atoms with Crippen molar-refractivity contribution in [1.29, 1.82) is 0 Å². The molecular formula is C25H27N3O3S. The molecule has 0 aliphatic carbocycles. The van der Waals surface area contributed by atoms with E-state index in [4.69, 9.17) is 0 Å². The number of piperazine rings is 1. The van der Waals surface area contributed by atoms with E-state index in [1.807, 2.05) is 25.1 Å².